The van der Waals surface area contributed by atoms with Crippen molar-refractivity contribution in [2.75, 3.05) is 13.7 Å². The normalized spacial score (nSPS) is 11.0. The first-order chi connectivity index (χ1) is 8.83. The first-order valence-corrected chi connectivity index (χ1v) is 6.25. The molecule has 0 saturated heterocycles. The molecule has 0 spiro atoms. The summed E-state index contributed by atoms with van der Waals surface area (Å²) in [7, 11) is 1.60. The van der Waals surface area contributed by atoms with Crippen LogP contribution < -0.4 is 0 Å². The van der Waals surface area contributed by atoms with Crippen molar-refractivity contribution in [3.8, 4) is 0 Å². The molecule has 1 N–H and O–H groups in total. The number of nitrogens with zero attached hydrogens (tertiary/aromatic N) is 5. The summed E-state index contributed by atoms with van der Waals surface area (Å²) < 4.78 is 11.5. The van der Waals surface area contributed by atoms with Crippen molar-refractivity contribution in [1.29, 1.82) is 0 Å². The summed E-state index contributed by atoms with van der Waals surface area (Å²) in [5, 5.41) is 24.6. The average molecular weight is 271 g/mol. The van der Waals surface area contributed by atoms with Crippen LogP contribution in [0.25, 0.3) is 0 Å². The van der Waals surface area contributed by atoms with E-state index < -0.39 is 0 Å². The molecule has 0 aliphatic carbocycles. The molecule has 0 unspecified atom stereocenters. The molecule has 9 heteroatoms. The molecule has 0 aliphatic rings. The minimum atomic E-state index is 0.000543. The maximum Gasteiger partial charge on any atom is 0.209 e. The number of rotatable bonds is 7. The number of hydrogen-bond acceptors (Lipinski definition) is 8. The van der Waals surface area contributed by atoms with Gasteiger partial charge in [-0.1, -0.05) is 16.9 Å². The zero-order valence-corrected chi connectivity index (χ0v) is 10.6. The number of tetrazole rings is 1. The lowest BCUT2D eigenvalue weighted by Crippen LogP contribution is -2.05. The van der Waals surface area contributed by atoms with Crippen molar-refractivity contribution in [3.05, 3.63) is 17.5 Å². The molecule has 8 nitrogen and oxygen atoms in total. The summed E-state index contributed by atoms with van der Waals surface area (Å²) in [5.41, 5.74) is 0.797. The minimum Gasteiger partial charge on any atom is -0.394 e. The second-order valence-corrected chi connectivity index (χ2v) is 4.36. The van der Waals surface area contributed by atoms with Crippen LogP contribution in [0.4, 0.5) is 0 Å². The Morgan fingerprint density at radius 3 is 3.22 bits per heavy atom. The quantitative estimate of drug-likeness (QED) is 0.707. The summed E-state index contributed by atoms with van der Waals surface area (Å²) in [6.07, 6.45) is 0. The van der Waals surface area contributed by atoms with Crippen molar-refractivity contribution >= 4 is 11.8 Å². The van der Waals surface area contributed by atoms with E-state index in [0.717, 1.165) is 5.69 Å². The predicted molar refractivity (Wildman–Crippen MR) is 61.7 cm³/mol. The van der Waals surface area contributed by atoms with Gasteiger partial charge in [-0.25, -0.2) is 4.68 Å². The van der Waals surface area contributed by atoms with Gasteiger partial charge in [0.25, 0.3) is 0 Å². The van der Waals surface area contributed by atoms with Gasteiger partial charge in [-0.3, -0.25) is 0 Å². The van der Waals surface area contributed by atoms with Gasteiger partial charge < -0.3 is 14.4 Å². The van der Waals surface area contributed by atoms with Crippen molar-refractivity contribution < 1.29 is 14.4 Å². The zero-order valence-electron chi connectivity index (χ0n) is 9.81. The summed E-state index contributed by atoms with van der Waals surface area (Å²) in [6, 6.07) is 1.83. The Hall–Kier alpha value is -1.45. The zero-order chi connectivity index (χ0) is 12.8. The first kappa shape index (κ1) is 13.0. The summed E-state index contributed by atoms with van der Waals surface area (Å²) >= 11 is 1.43. The van der Waals surface area contributed by atoms with Crippen LogP contribution in [0.2, 0.25) is 0 Å². The van der Waals surface area contributed by atoms with Gasteiger partial charge in [-0.2, -0.15) is 0 Å². The molecule has 2 heterocycles. The number of ether oxygens (including phenoxy) is 1. The lowest BCUT2D eigenvalue weighted by atomic mass is 10.4. The molecule has 0 saturated carbocycles. The summed E-state index contributed by atoms with van der Waals surface area (Å²) in [4.78, 5) is 0. The average Bonchev–Trinajstić information content (AvgIpc) is 2.97. The fourth-order valence-electron chi connectivity index (χ4n) is 1.31. The summed E-state index contributed by atoms with van der Waals surface area (Å²) in [6.45, 7) is 0.781. The van der Waals surface area contributed by atoms with Crippen LogP contribution in [-0.2, 0) is 23.6 Å². The highest BCUT2D eigenvalue weighted by Gasteiger charge is 2.09. The van der Waals surface area contributed by atoms with Crippen LogP contribution in [0, 0.1) is 0 Å². The fourth-order valence-corrected chi connectivity index (χ4v) is 2.09. The Bertz CT molecular complexity index is 486. The smallest absolute Gasteiger partial charge is 0.209 e. The molecule has 18 heavy (non-hydrogen) atoms. The summed E-state index contributed by atoms with van der Waals surface area (Å²) in [5.74, 6) is 1.28. The van der Waals surface area contributed by atoms with E-state index in [1.54, 1.807) is 11.8 Å². The number of aromatic nitrogens is 5. The highest BCUT2D eigenvalue weighted by atomic mass is 32.2. The second kappa shape index (κ2) is 6.47. The van der Waals surface area contributed by atoms with E-state index in [1.165, 1.54) is 11.8 Å². The molecule has 0 aliphatic heterocycles. The lowest BCUT2D eigenvalue weighted by Gasteiger charge is -1.99. The fraction of sp³-hybridized carbons (Fsp3) is 0.556. The molecular formula is C9H13N5O3S. The Kier molecular flexibility index (Phi) is 4.67. The minimum absolute atomic E-state index is 0.000543. The highest BCUT2D eigenvalue weighted by Crippen LogP contribution is 2.19. The molecular weight excluding hydrogens is 258 g/mol. The molecule has 0 fully saturated rings. The molecule has 0 radical (unpaired) electrons. The molecule has 2 aromatic heterocycles. The Labute approximate surface area is 107 Å². The Balaban J connectivity index is 1.91. The molecule has 0 amide bonds. The number of methoxy groups -OCH3 is 1. The Morgan fingerprint density at radius 2 is 2.44 bits per heavy atom. The van der Waals surface area contributed by atoms with Gasteiger partial charge in [-0.15, -0.1) is 5.10 Å². The second-order valence-electron chi connectivity index (χ2n) is 3.41. The first-order valence-electron chi connectivity index (χ1n) is 5.26. The highest BCUT2D eigenvalue weighted by molar-refractivity contribution is 7.98. The number of aliphatic hydroxyl groups excluding tert-OH is 1. The van der Waals surface area contributed by atoms with E-state index in [-0.39, 0.29) is 6.61 Å². The van der Waals surface area contributed by atoms with E-state index in [1.807, 2.05) is 6.07 Å². The standard InChI is InChI=1S/C9H13N5O3S/c1-16-5-8-4-7(11-17-8)6-18-9-10-12-13-14(9)2-3-15/h4,15H,2-3,5-6H2,1H3. The van der Waals surface area contributed by atoms with Gasteiger partial charge in [0.15, 0.2) is 5.76 Å². The Morgan fingerprint density at radius 1 is 1.56 bits per heavy atom. The predicted octanol–water partition coefficient (Wildman–Crippen LogP) is 0.0921. The van der Waals surface area contributed by atoms with Crippen LogP contribution >= 0.6 is 11.8 Å². The van der Waals surface area contributed by atoms with Gasteiger partial charge >= 0.3 is 0 Å². The molecule has 2 aromatic rings. The van der Waals surface area contributed by atoms with Gasteiger partial charge in [0, 0.05) is 18.9 Å². The van der Waals surface area contributed by atoms with Gasteiger partial charge in [-0.05, 0) is 10.4 Å². The van der Waals surface area contributed by atoms with E-state index >= 15 is 0 Å². The molecule has 98 valence electrons. The van der Waals surface area contributed by atoms with Gasteiger partial charge in [0.2, 0.25) is 5.16 Å². The lowest BCUT2D eigenvalue weighted by molar-refractivity contribution is 0.156. The van der Waals surface area contributed by atoms with E-state index in [0.29, 0.717) is 29.8 Å². The van der Waals surface area contributed by atoms with Crippen LogP contribution in [0.15, 0.2) is 15.7 Å². The van der Waals surface area contributed by atoms with Gasteiger partial charge in [0.1, 0.15) is 6.61 Å². The third-order valence-electron chi connectivity index (χ3n) is 2.05. The maximum absolute atomic E-state index is 8.84. The van der Waals surface area contributed by atoms with Crippen LogP contribution in [0.5, 0.6) is 0 Å². The third-order valence-corrected chi connectivity index (χ3v) is 3.05. The molecule has 2 rings (SSSR count). The largest absolute Gasteiger partial charge is 0.394 e. The van der Waals surface area contributed by atoms with E-state index in [9.17, 15) is 0 Å². The monoisotopic (exact) mass is 271 g/mol. The third kappa shape index (κ3) is 3.28. The molecule has 0 bridgehead atoms. The van der Waals surface area contributed by atoms with Crippen molar-refractivity contribution in [1.82, 2.24) is 25.4 Å². The number of hydrogen-bond donors (Lipinski definition) is 1. The van der Waals surface area contributed by atoms with Gasteiger partial charge in [0.05, 0.1) is 18.8 Å². The SMILES string of the molecule is COCc1cc(CSc2nnnn2CCO)no1. The molecule has 0 atom stereocenters. The van der Waals surface area contributed by atoms with Crippen LogP contribution in [-0.4, -0.2) is 44.2 Å². The topological polar surface area (TPSA) is 99.1 Å². The maximum atomic E-state index is 8.84. The van der Waals surface area contributed by atoms with E-state index in [2.05, 4.69) is 20.7 Å². The van der Waals surface area contributed by atoms with Crippen LogP contribution in [0.1, 0.15) is 11.5 Å². The van der Waals surface area contributed by atoms with Crippen molar-refractivity contribution in [2.45, 2.75) is 24.1 Å². The number of thioether (sulfide) groups is 1. The van der Waals surface area contributed by atoms with Crippen LogP contribution in [0.3, 0.4) is 0 Å². The number of aliphatic hydroxyl groups is 1. The molecule has 0 aromatic carbocycles. The van der Waals surface area contributed by atoms with E-state index in [4.69, 9.17) is 14.4 Å². The van der Waals surface area contributed by atoms with Crippen molar-refractivity contribution in [2.24, 2.45) is 0 Å². The van der Waals surface area contributed by atoms with Crippen molar-refractivity contribution in [3.63, 3.8) is 0 Å².